The Balaban J connectivity index is 1.51. The minimum atomic E-state index is -0.353. The Morgan fingerprint density at radius 3 is 2.83 bits per heavy atom. The number of hydrogen-bond acceptors (Lipinski definition) is 6. The third kappa shape index (κ3) is 4.04. The maximum Gasteiger partial charge on any atom is 0.265 e. The third-order valence-electron chi connectivity index (χ3n) is 4.31. The predicted octanol–water partition coefficient (Wildman–Crippen LogP) is 2.93. The summed E-state index contributed by atoms with van der Waals surface area (Å²) in [5.41, 5.74) is 2.93. The fourth-order valence-electron chi connectivity index (χ4n) is 3.05. The lowest BCUT2D eigenvalue weighted by molar-refractivity contribution is -0.123. The zero-order valence-electron chi connectivity index (χ0n) is 15.8. The van der Waals surface area contributed by atoms with Crippen molar-refractivity contribution in [2.24, 2.45) is 0 Å². The summed E-state index contributed by atoms with van der Waals surface area (Å²) >= 11 is 1.30. The van der Waals surface area contributed by atoms with Gasteiger partial charge < -0.3 is 15.4 Å². The first-order chi connectivity index (χ1) is 13.9. The fraction of sp³-hybridized carbons (Fsp3) is 0.200. The number of fused-ring (bicyclic) bond motifs is 2. The molecule has 9 heteroatoms. The number of carbonyl (C=O) groups excluding carboxylic acids is 3. The normalized spacial score (nSPS) is 13.0. The summed E-state index contributed by atoms with van der Waals surface area (Å²) < 4.78 is 6.26. The molecule has 0 radical (unpaired) electrons. The van der Waals surface area contributed by atoms with Gasteiger partial charge in [-0.15, -0.1) is 0 Å². The van der Waals surface area contributed by atoms with Gasteiger partial charge in [0, 0.05) is 12.6 Å². The highest BCUT2D eigenvalue weighted by Crippen LogP contribution is 2.33. The van der Waals surface area contributed by atoms with E-state index in [1.807, 2.05) is 19.1 Å². The van der Waals surface area contributed by atoms with Crippen molar-refractivity contribution in [3.63, 3.8) is 0 Å². The third-order valence-corrected chi connectivity index (χ3v) is 5.25. The van der Waals surface area contributed by atoms with Crippen molar-refractivity contribution in [1.29, 1.82) is 0 Å². The quantitative estimate of drug-likeness (QED) is 0.689. The van der Waals surface area contributed by atoms with Gasteiger partial charge in [-0.3, -0.25) is 19.3 Å². The van der Waals surface area contributed by atoms with Crippen LogP contribution in [-0.2, 0) is 14.4 Å². The molecule has 1 aliphatic rings. The molecule has 3 amide bonds. The van der Waals surface area contributed by atoms with Gasteiger partial charge in [0.2, 0.25) is 11.8 Å². The van der Waals surface area contributed by atoms with Gasteiger partial charge in [-0.05, 0) is 42.8 Å². The van der Waals surface area contributed by atoms with E-state index in [0.717, 1.165) is 10.3 Å². The van der Waals surface area contributed by atoms with Crippen LogP contribution >= 0.6 is 11.3 Å². The smallest absolute Gasteiger partial charge is 0.265 e. The molecule has 0 atom stereocenters. The molecular weight excluding hydrogens is 392 g/mol. The molecule has 0 saturated carbocycles. The fourth-order valence-corrected chi connectivity index (χ4v) is 3.97. The molecule has 0 saturated heterocycles. The molecule has 2 N–H and O–H groups in total. The van der Waals surface area contributed by atoms with Gasteiger partial charge >= 0.3 is 0 Å². The van der Waals surface area contributed by atoms with Gasteiger partial charge in [0.05, 0.1) is 15.9 Å². The van der Waals surface area contributed by atoms with E-state index in [9.17, 15) is 14.4 Å². The second-order valence-corrected chi connectivity index (χ2v) is 7.70. The van der Waals surface area contributed by atoms with E-state index in [2.05, 4.69) is 15.6 Å². The topological polar surface area (TPSA) is 101 Å². The van der Waals surface area contributed by atoms with E-state index in [1.54, 1.807) is 24.3 Å². The highest BCUT2D eigenvalue weighted by Gasteiger charge is 2.27. The molecule has 0 fully saturated rings. The van der Waals surface area contributed by atoms with Crippen LogP contribution in [0.25, 0.3) is 10.2 Å². The summed E-state index contributed by atoms with van der Waals surface area (Å²) in [4.78, 5) is 41.9. The zero-order chi connectivity index (χ0) is 20.5. The Morgan fingerprint density at radius 2 is 2.03 bits per heavy atom. The first-order valence-electron chi connectivity index (χ1n) is 8.91. The number of carbonyl (C=O) groups is 3. The molecule has 0 unspecified atom stereocenters. The van der Waals surface area contributed by atoms with Crippen LogP contribution in [0.3, 0.4) is 0 Å². The molecule has 29 heavy (non-hydrogen) atoms. The molecule has 0 aliphatic carbocycles. The Kier molecular flexibility index (Phi) is 4.89. The van der Waals surface area contributed by atoms with Crippen molar-refractivity contribution < 1.29 is 19.1 Å². The van der Waals surface area contributed by atoms with E-state index >= 15 is 0 Å². The molecule has 2 heterocycles. The molecule has 0 bridgehead atoms. The van der Waals surface area contributed by atoms with Crippen LogP contribution in [0.4, 0.5) is 16.5 Å². The molecular formula is C20H18N4O4S. The number of ether oxygens (including phenoxy) is 1. The maximum absolute atomic E-state index is 12.6. The van der Waals surface area contributed by atoms with Crippen LogP contribution in [0.2, 0.25) is 0 Å². The van der Waals surface area contributed by atoms with E-state index in [-0.39, 0.29) is 30.9 Å². The predicted molar refractivity (Wildman–Crippen MR) is 112 cm³/mol. The first-order valence-corrected chi connectivity index (χ1v) is 9.72. The van der Waals surface area contributed by atoms with Crippen LogP contribution in [0.1, 0.15) is 12.5 Å². The van der Waals surface area contributed by atoms with Crippen LogP contribution < -0.4 is 20.3 Å². The number of aryl methyl sites for hydroxylation is 1. The van der Waals surface area contributed by atoms with Crippen molar-refractivity contribution >= 4 is 55.8 Å². The molecule has 0 spiro atoms. The van der Waals surface area contributed by atoms with Crippen LogP contribution in [0, 0.1) is 6.92 Å². The number of nitrogens with zero attached hydrogens (tertiary/aromatic N) is 2. The number of hydrogen-bond donors (Lipinski definition) is 2. The standard InChI is InChI=1S/C20H18N4O4S/c1-11-3-6-16-15(7-11)24(19(27)10-28-16)9-18(26)23-20-22-14-5-4-13(21-12(2)25)8-17(14)29-20/h3-8H,9-10H2,1-2H3,(H,21,25)(H,22,23,26). The molecule has 2 aromatic carbocycles. The lowest BCUT2D eigenvalue weighted by atomic mass is 10.1. The van der Waals surface area contributed by atoms with Crippen LogP contribution in [0.15, 0.2) is 36.4 Å². The van der Waals surface area contributed by atoms with Gasteiger partial charge in [0.1, 0.15) is 12.3 Å². The average molecular weight is 410 g/mol. The van der Waals surface area contributed by atoms with Gasteiger partial charge in [-0.2, -0.15) is 0 Å². The van der Waals surface area contributed by atoms with E-state index in [0.29, 0.717) is 27.8 Å². The number of anilines is 3. The van der Waals surface area contributed by atoms with Crippen LogP contribution in [0.5, 0.6) is 5.75 Å². The summed E-state index contributed by atoms with van der Waals surface area (Å²) in [6.07, 6.45) is 0. The minimum Gasteiger partial charge on any atom is -0.482 e. The highest BCUT2D eigenvalue weighted by molar-refractivity contribution is 7.22. The molecule has 1 aliphatic heterocycles. The van der Waals surface area contributed by atoms with Crippen molar-refractivity contribution in [2.75, 3.05) is 28.7 Å². The SMILES string of the molecule is CC(=O)Nc1ccc2nc(NC(=O)CN3C(=O)COc4ccc(C)cc43)sc2c1. The summed E-state index contributed by atoms with van der Waals surface area (Å²) in [7, 11) is 0. The Hall–Kier alpha value is -3.46. The second-order valence-electron chi connectivity index (χ2n) is 6.67. The summed E-state index contributed by atoms with van der Waals surface area (Å²) in [5, 5.41) is 5.89. The van der Waals surface area contributed by atoms with Crippen molar-refractivity contribution in [3.8, 4) is 5.75 Å². The Bertz CT molecular complexity index is 1140. The lowest BCUT2D eigenvalue weighted by Gasteiger charge is -2.29. The summed E-state index contributed by atoms with van der Waals surface area (Å²) in [6.45, 7) is 3.12. The van der Waals surface area contributed by atoms with E-state index < -0.39 is 0 Å². The van der Waals surface area contributed by atoms with Gasteiger partial charge in [-0.25, -0.2) is 4.98 Å². The van der Waals surface area contributed by atoms with Gasteiger partial charge in [0.15, 0.2) is 11.7 Å². The molecule has 8 nitrogen and oxygen atoms in total. The first kappa shape index (κ1) is 18.9. The Morgan fingerprint density at radius 1 is 1.21 bits per heavy atom. The maximum atomic E-state index is 12.6. The van der Waals surface area contributed by atoms with Gasteiger partial charge in [-0.1, -0.05) is 17.4 Å². The summed E-state index contributed by atoms with van der Waals surface area (Å²) in [6, 6.07) is 10.8. The number of amides is 3. The summed E-state index contributed by atoms with van der Waals surface area (Å²) in [5.74, 6) is -0.210. The zero-order valence-corrected chi connectivity index (χ0v) is 16.6. The van der Waals surface area contributed by atoms with E-state index in [1.165, 1.54) is 23.2 Å². The van der Waals surface area contributed by atoms with Crippen molar-refractivity contribution in [1.82, 2.24) is 4.98 Å². The van der Waals surface area contributed by atoms with E-state index in [4.69, 9.17) is 4.74 Å². The number of rotatable bonds is 4. The molecule has 4 rings (SSSR count). The average Bonchev–Trinajstić information content (AvgIpc) is 3.05. The Labute approximate surface area is 170 Å². The molecule has 148 valence electrons. The lowest BCUT2D eigenvalue weighted by Crippen LogP contribution is -2.43. The van der Waals surface area contributed by atoms with Crippen LogP contribution in [-0.4, -0.2) is 35.9 Å². The van der Waals surface area contributed by atoms with Crippen molar-refractivity contribution in [3.05, 3.63) is 42.0 Å². The van der Waals surface area contributed by atoms with Crippen molar-refractivity contribution in [2.45, 2.75) is 13.8 Å². The highest BCUT2D eigenvalue weighted by atomic mass is 32.1. The number of thiazole rings is 1. The second kappa shape index (κ2) is 7.51. The number of benzene rings is 2. The molecule has 3 aromatic rings. The largest absolute Gasteiger partial charge is 0.482 e. The molecule has 1 aromatic heterocycles. The number of aromatic nitrogens is 1. The van der Waals surface area contributed by atoms with Gasteiger partial charge in [0.25, 0.3) is 5.91 Å². The number of nitrogens with one attached hydrogen (secondary N) is 2. The monoisotopic (exact) mass is 410 g/mol. The minimum absolute atomic E-state index is 0.101.